The van der Waals surface area contributed by atoms with E-state index < -0.39 is 5.54 Å². The Bertz CT molecular complexity index is 1190. The minimum atomic E-state index is -1.04. The van der Waals surface area contributed by atoms with Gasteiger partial charge in [0.15, 0.2) is 5.58 Å². The number of nitrogens with zero attached hydrogens (tertiary/aromatic N) is 2. The number of carbonyl (C=O) groups excluding carboxylic acids is 2. The van der Waals surface area contributed by atoms with Crippen LogP contribution in [0.4, 0.5) is 0 Å². The molecule has 33 heavy (non-hydrogen) atoms. The van der Waals surface area contributed by atoms with Crippen molar-refractivity contribution in [1.82, 2.24) is 14.8 Å². The van der Waals surface area contributed by atoms with Crippen molar-refractivity contribution >= 4 is 22.9 Å². The maximum atomic E-state index is 13.8. The fourth-order valence-electron chi connectivity index (χ4n) is 5.22. The molecule has 1 atom stereocenters. The van der Waals surface area contributed by atoms with Gasteiger partial charge in [0.1, 0.15) is 17.0 Å². The molecule has 7 nitrogen and oxygen atoms in total. The molecule has 2 amide bonds. The average Bonchev–Trinajstić information content (AvgIpc) is 3.41. The first-order chi connectivity index (χ1) is 15.9. The van der Waals surface area contributed by atoms with Gasteiger partial charge in [0.25, 0.3) is 5.91 Å². The second-order valence-corrected chi connectivity index (χ2v) is 9.73. The fraction of sp³-hybridized carbons (Fsp3) is 0.462. The molecule has 3 heterocycles. The monoisotopic (exact) mass is 449 g/mol. The Labute approximate surface area is 193 Å². The lowest BCUT2D eigenvalue weighted by Gasteiger charge is -2.45. The van der Waals surface area contributed by atoms with E-state index in [0.29, 0.717) is 30.3 Å². The van der Waals surface area contributed by atoms with Crippen LogP contribution in [0.2, 0.25) is 0 Å². The van der Waals surface area contributed by atoms with Crippen LogP contribution in [0.1, 0.15) is 55.6 Å². The Kier molecular flexibility index (Phi) is 5.43. The van der Waals surface area contributed by atoms with Gasteiger partial charge in [0.2, 0.25) is 5.91 Å². The number of furan rings is 1. The molecule has 0 saturated heterocycles. The molecule has 2 aliphatic rings. The van der Waals surface area contributed by atoms with Crippen molar-refractivity contribution in [3.8, 4) is 5.75 Å². The summed E-state index contributed by atoms with van der Waals surface area (Å²) in [5.74, 6) is 1.14. The highest BCUT2D eigenvalue weighted by Gasteiger charge is 2.48. The third-order valence-electron chi connectivity index (χ3n) is 7.36. The van der Waals surface area contributed by atoms with Crippen molar-refractivity contribution < 1.29 is 18.7 Å². The topological polar surface area (TPSA) is 76.7 Å². The van der Waals surface area contributed by atoms with Gasteiger partial charge >= 0.3 is 0 Å². The molecule has 0 spiro atoms. The average molecular weight is 450 g/mol. The van der Waals surface area contributed by atoms with E-state index in [1.165, 1.54) is 0 Å². The molecule has 174 valence electrons. The first-order valence-electron chi connectivity index (χ1n) is 11.7. The highest BCUT2D eigenvalue weighted by Crippen LogP contribution is 2.35. The van der Waals surface area contributed by atoms with Crippen molar-refractivity contribution in [2.45, 2.75) is 64.2 Å². The minimum absolute atomic E-state index is 0.103. The Morgan fingerprint density at radius 1 is 1.21 bits per heavy atom. The summed E-state index contributed by atoms with van der Waals surface area (Å²) in [7, 11) is 1.62. The number of aromatic nitrogens is 1. The van der Waals surface area contributed by atoms with Crippen molar-refractivity contribution in [2.75, 3.05) is 7.11 Å². The van der Waals surface area contributed by atoms with Crippen LogP contribution in [0.3, 0.4) is 0 Å². The molecule has 1 N–H and O–H groups in total. The van der Waals surface area contributed by atoms with E-state index in [0.717, 1.165) is 42.5 Å². The fourth-order valence-corrected chi connectivity index (χ4v) is 5.22. The molecule has 1 aliphatic heterocycles. The van der Waals surface area contributed by atoms with E-state index >= 15 is 0 Å². The standard InChI is InChI=1S/C26H31N3O4/c1-17-7-9-19(10-8-17)27-25(31)26(2)16-28-21-11-12-33-23(21)14-22(28)24(30)29(26)15-18-5-4-6-20(13-18)32-3/h4-6,11-14,17,19H,7-10,15-16H2,1-3H3,(H,27,31)/t17?,19?,26-/m1/s1. The van der Waals surface area contributed by atoms with E-state index in [-0.39, 0.29) is 17.9 Å². The van der Waals surface area contributed by atoms with Gasteiger partial charge < -0.3 is 23.9 Å². The van der Waals surface area contributed by atoms with Crippen molar-refractivity contribution in [3.05, 3.63) is 53.9 Å². The van der Waals surface area contributed by atoms with Crippen LogP contribution >= 0.6 is 0 Å². The van der Waals surface area contributed by atoms with E-state index in [2.05, 4.69) is 12.2 Å². The number of carbonyl (C=O) groups is 2. The molecule has 2 aromatic heterocycles. The predicted molar refractivity (Wildman–Crippen MR) is 125 cm³/mol. The van der Waals surface area contributed by atoms with Gasteiger partial charge in [0, 0.05) is 24.7 Å². The van der Waals surface area contributed by atoms with Crippen molar-refractivity contribution in [2.24, 2.45) is 5.92 Å². The summed E-state index contributed by atoms with van der Waals surface area (Å²) in [6.45, 7) is 4.82. The van der Waals surface area contributed by atoms with Gasteiger partial charge in [-0.2, -0.15) is 0 Å². The summed E-state index contributed by atoms with van der Waals surface area (Å²) in [4.78, 5) is 29.2. The van der Waals surface area contributed by atoms with Gasteiger partial charge in [0.05, 0.1) is 25.4 Å². The largest absolute Gasteiger partial charge is 0.497 e. The number of amides is 2. The second-order valence-electron chi connectivity index (χ2n) is 9.73. The summed E-state index contributed by atoms with van der Waals surface area (Å²) >= 11 is 0. The Balaban J connectivity index is 1.50. The van der Waals surface area contributed by atoms with E-state index in [9.17, 15) is 9.59 Å². The van der Waals surface area contributed by atoms with Gasteiger partial charge in [-0.25, -0.2) is 0 Å². The van der Waals surface area contributed by atoms with E-state index in [4.69, 9.17) is 9.15 Å². The summed E-state index contributed by atoms with van der Waals surface area (Å²) in [5.41, 5.74) is 1.91. The van der Waals surface area contributed by atoms with Crippen molar-refractivity contribution in [3.63, 3.8) is 0 Å². The Morgan fingerprint density at radius 2 is 2.00 bits per heavy atom. The summed E-state index contributed by atoms with van der Waals surface area (Å²) in [6, 6.07) is 11.4. The van der Waals surface area contributed by atoms with Gasteiger partial charge in [-0.15, -0.1) is 0 Å². The molecule has 1 aliphatic carbocycles. The molecular formula is C26H31N3O4. The third kappa shape index (κ3) is 3.79. The van der Waals surface area contributed by atoms with Gasteiger partial charge in [-0.3, -0.25) is 9.59 Å². The molecule has 1 fully saturated rings. The number of benzene rings is 1. The SMILES string of the molecule is COc1cccc(CN2C(=O)c3cc4occc4n3C[C@]2(C)C(=O)NC2CCC(C)CC2)c1. The molecular weight excluding hydrogens is 418 g/mol. The molecule has 7 heteroatoms. The molecule has 1 saturated carbocycles. The Morgan fingerprint density at radius 3 is 2.76 bits per heavy atom. The van der Waals surface area contributed by atoms with Crippen LogP contribution in [-0.2, 0) is 17.9 Å². The van der Waals surface area contributed by atoms with Crippen LogP contribution in [0.25, 0.3) is 11.1 Å². The van der Waals surface area contributed by atoms with Crippen LogP contribution in [0.15, 0.2) is 47.1 Å². The van der Waals surface area contributed by atoms with E-state index in [1.807, 2.05) is 41.8 Å². The number of nitrogens with one attached hydrogen (secondary N) is 1. The van der Waals surface area contributed by atoms with Gasteiger partial charge in [-0.05, 0) is 56.2 Å². The molecule has 0 bridgehead atoms. The van der Waals surface area contributed by atoms with Crippen LogP contribution in [0.5, 0.6) is 5.75 Å². The lowest BCUT2D eigenvalue weighted by Crippen LogP contribution is -2.64. The minimum Gasteiger partial charge on any atom is -0.497 e. The molecule has 3 aromatic rings. The Hall–Kier alpha value is -3.22. The maximum absolute atomic E-state index is 13.8. The van der Waals surface area contributed by atoms with Gasteiger partial charge in [-0.1, -0.05) is 19.1 Å². The summed E-state index contributed by atoms with van der Waals surface area (Å²) in [5, 5.41) is 3.28. The highest BCUT2D eigenvalue weighted by molar-refractivity contribution is 6.02. The first-order valence-corrected chi connectivity index (χ1v) is 11.7. The lowest BCUT2D eigenvalue weighted by molar-refractivity contribution is -0.134. The number of ether oxygens (including phenoxy) is 1. The van der Waals surface area contributed by atoms with Crippen LogP contribution < -0.4 is 10.1 Å². The summed E-state index contributed by atoms with van der Waals surface area (Å²) in [6.07, 6.45) is 5.81. The zero-order valence-electron chi connectivity index (χ0n) is 19.5. The smallest absolute Gasteiger partial charge is 0.271 e. The molecule has 5 rings (SSSR count). The van der Waals surface area contributed by atoms with E-state index in [1.54, 1.807) is 24.3 Å². The third-order valence-corrected chi connectivity index (χ3v) is 7.36. The quantitative estimate of drug-likeness (QED) is 0.628. The number of hydrogen-bond donors (Lipinski definition) is 1. The lowest BCUT2D eigenvalue weighted by atomic mass is 9.86. The normalized spacial score (nSPS) is 25.2. The summed E-state index contributed by atoms with van der Waals surface area (Å²) < 4.78 is 12.8. The van der Waals surface area contributed by atoms with Crippen LogP contribution in [0, 0.1) is 5.92 Å². The number of rotatable bonds is 5. The molecule has 0 unspecified atom stereocenters. The number of hydrogen-bond acceptors (Lipinski definition) is 4. The maximum Gasteiger partial charge on any atom is 0.271 e. The number of methoxy groups -OCH3 is 1. The van der Waals surface area contributed by atoms with Crippen molar-refractivity contribution in [1.29, 1.82) is 0 Å². The predicted octanol–water partition coefficient (Wildman–Crippen LogP) is 4.35. The molecule has 1 aromatic carbocycles. The zero-order chi connectivity index (χ0) is 23.2. The molecule has 0 radical (unpaired) electrons. The number of fused-ring (bicyclic) bond motifs is 3. The first kappa shape index (κ1) is 21.6. The van der Waals surface area contributed by atoms with Crippen LogP contribution in [-0.4, -0.2) is 40.0 Å². The second kappa shape index (κ2) is 8.28. The highest BCUT2D eigenvalue weighted by atomic mass is 16.5. The zero-order valence-corrected chi connectivity index (χ0v) is 19.5.